The van der Waals surface area contributed by atoms with Gasteiger partial charge in [0.25, 0.3) is 0 Å². The van der Waals surface area contributed by atoms with Gasteiger partial charge in [0.15, 0.2) is 5.89 Å². The summed E-state index contributed by atoms with van der Waals surface area (Å²) in [6.45, 7) is 2.33. The van der Waals surface area contributed by atoms with Crippen molar-refractivity contribution >= 4 is 17.5 Å². The molecule has 0 bridgehead atoms. The fraction of sp³-hybridized carbons (Fsp3) is 0.286. The van der Waals surface area contributed by atoms with Crippen molar-refractivity contribution in [1.82, 2.24) is 10.3 Å². The summed E-state index contributed by atoms with van der Waals surface area (Å²) >= 11 is 6.00. The minimum Gasteiger partial charge on any atom is -0.449 e. The van der Waals surface area contributed by atoms with E-state index >= 15 is 0 Å². The molecule has 5 heteroatoms. The first kappa shape index (κ1) is 13.6. The lowest BCUT2D eigenvalue weighted by Crippen LogP contribution is -2.27. The Morgan fingerprint density at radius 3 is 2.89 bits per heavy atom. The van der Waals surface area contributed by atoms with Gasteiger partial charge in [-0.15, -0.1) is 0 Å². The van der Waals surface area contributed by atoms with Gasteiger partial charge < -0.3 is 9.73 Å². The smallest absolute Gasteiger partial charge is 0.224 e. The van der Waals surface area contributed by atoms with Gasteiger partial charge in [-0.1, -0.05) is 29.8 Å². The Morgan fingerprint density at radius 1 is 1.42 bits per heavy atom. The maximum absolute atomic E-state index is 11.7. The molecule has 0 aliphatic carbocycles. The lowest BCUT2D eigenvalue weighted by molar-refractivity contribution is -0.120. The summed E-state index contributed by atoms with van der Waals surface area (Å²) in [4.78, 5) is 15.9. The van der Waals surface area contributed by atoms with E-state index < -0.39 is 0 Å². The molecule has 2 aromatic rings. The highest BCUT2D eigenvalue weighted by molar-refractivity contribution is 6.31. The Bertz CT molecular complexity index is 566. The first-order valence-electron chi connectivity index (χ1n) is 6.06. The van der Waals surface area contributed by atoms with Crippen LogP contribution in [0.1, 0.15) is 17.1 Å². The van der Waals surface area contributed by atoms with Crippen LogP contribution in [0.5, 0.6) is 0 Å². The summed E-state index contributed by atoms with van der Waals surface area (Å²) in [7, 11) is 0. The molecule has 100 valence electrons. The maximum atomic E-state index is 11.7. The van der Waals surface area contributed by atoms with E-state index in [4.69, 9.17) is 16.0 Å². The minimum absolute atomic E-state index is 0.0479. The number of rotatable bonds is 5. The van der Waals surface area contributed by atoms with Gasteiger partial charge in [0.2, 0.25) is 5.91 Å². The quantitative estimate of drug-likeness (QED) is 0.914. The van der Waals surface area contributed by atoms with Crippen molar-refractivity contribution in [1.29, 1.82) is 0 Å². The number of carbonyl (C=O) groups excluding carboxylic acids is 1. The van der Waals surface area contributed by atoms with Gasteiger partial charge in [-0.2, -0.15) is 0 Å². The first-order chi connectivity index (χ1) is 9.15. The van der Waals surface area contributed by atoms with E-state index in [1.165, 1.54) is 0 Å². The predicted molar refractivity (Wildman–Crippen MR) is 73.1 cm³/mol. The van der Waals surface area contributed by atoms with Crippen LogP contribution in [0.4, 0.5) is 0 Å². The molecular weight excluding hydrogens is 264 g/mol. The van der Waals surface area contributed by atoms with E-state index in [-0.39, 0.29) is 12.3 Å². The monoisotopic (exact) mass is 278 g/mol. The van der Waals surface area contributed by atoms with Gasteiger partial charge in [-0.25, -0.2) is 4.98 Å². The normalized spacial score (nSPS) is 10.4. The number of nitrogens with zero attached hydrogens (tertiary/aromatic N) is 1. The second-order valence-corrected chi connectivity index (χ2v) is 4.63. The molecule has 4 nitrogen and oxygen atoms in total. The molecule has 1 aromatic heterocycles. The Hall–Kier alpha value is -1.81. The number of halogens is 1. The van der Waals surface area contributed by atoms with E-state index in [0.717, 1.165) is 11.3 Å². The molecule has 0 spiro atoms. The number of amides is 1. The molecule has 0 aliphatic heterocycles. The summed E-state index contributed by atoms with van der Waals surface area (Å²) in [6.07, 6.45) is 2.55. The van der Waals surface area contributed by atoms with Crippen LogP contribution in [0, 0.1) is 6.92 Å². The van der Waals surface area contributed by atoms with Crippen LogP contribution in [-0.2, 0) is 17.6 Å². The van der Waals surface area contributed by atoms with E-state index in [9.17, 15) is 4.79 Å². The number of hydrogen-bond acceptors (Lipinski definition) is 3. The van der Waals surface area contributed by atoms with Crippen LogP contribution >= 0.6 is 11.6 Å². The van der Waals surface area contributed by atoms with Gasteiger partial charge in [-0.3, -0.25) is 4.79 Å². The van der Waals surface area contributed by atoms with Crippen LogP contribution in [0.25, 0.3) is 0 Å². The van der Waals surface area contributed by atoms with E-state index in [0.29, 0.717) is 23.9 Å². The van der Waals surface area contributed by atoms with Crippen molar-refractivity contribution in [3.05, 3.63) is 52.7 Å². The standard InChI is InChI=1S/C14H15ClN2O2/c1-10-17-12(9-19-10)6-7-16-14(18)8-11-4-2-3-5-13(11)15/h2-5,9H,6-8H2,1H3,(H,16,18). The molecule has 1 N–H and O–H groups in total. The lowest BCUT2D eigenvalue weighted by Gasteiger charge is -2.05. The molecule has 19 heavy (non-hydrogen) atoms. The molecule has 0 fully saturated rings. The number of hydrogen-bond donors (Lipinski definition) is 1. The highest BCUT2D eigenvalue weighted by atomic mass is 35.5. The average Bonchev–Trinajstić information content (AvgIpc) is 2.78. The number of aromatic nitrogens is 1. The fourth-order valence-electron chi connectivity index (χ4n) is 1.73. The average molecular weight is 279 g/mol. The van der Waals surface area contributed by atoms with Crippen molar-refractivity contribution in [2.45, 2.75) is 19.8 Å². The van der Waals surface area contributed by atoms with Crippen LogP contribution in [0.15, 0.2) is 34.9 Å². The first-order valence-corrected chi connectivity index (χ1v) is 6.44. The highest BCUT2D eigenvalue weighted by Gasteiger charge is 2.06. The van der Waals surface area contributed by atoms with Gasteiger partial charge in [-0.05, 0) is 11.6 Å². The van der Waals surface area contributed by atoms with Crippen LogP contribution in [0.2, 0.25) is 5.02 Å². The topological polar surface area (TPSA) is 55.1 Å². The van der Waals surface area contributed by atoms with Crippen molar-refractivity contribution in [3.8, 4) is 0 Å². The third-order valence-electron chi connectivity index (χ3n) is 2.68. The number of aryl methyl sites for hydroxylation is 1. The largest absolute Gasteiger partial charge is 0.449 e. The number of oxazole rings is 1. The van der Waals surface area contributed by atoms with Gasteiger partial charge >= 0.3 is 0 Å². The Kier molecular flexibility index (Phi) is 4.58. The van der Waals surface area contributed by atoms with Crippen LogP contribution in [-0.4, -0.2) is 17.4 Å². The van der Waals surface area contributed by atoms with Gasteiger partial charge in [0, 0.05) is 24.9 Å². The predicted octanol–water partition coefficient (Wildman–Crippen LogP) is 2.54. The third kappa shape index (κ3) is 4.10. The maximum Gasteiger partial charge on any atom is 0.224 e. The molecule has 0 aliphatic rings. The van der Waals surface area contributed by atoms with Crippen molar-refractivity contribution in [3.63, 3.8) is 0 Å². The number of benzene rings is 1. The Morgan fingerprint density at radius 2 is 2.21 bits per heavy atom. The molecule has 0 unspecified atom stereocenters. The van der Waals surface area contributed by atoms with E-state index in [1.807, 2.05) is 18.2 Å². The van der Waals surface area contributed by atoms with E-state index in [1.54, 1.807) is 19.3 Å². The molecule has 1 aromatic carbocycles. The second-order valence-electron chi connectivity index (χ2n) is 4.23. The molecule has 2 rings (SSSR count). The second kappa shape index (κ2) is 6.38. The van der Waals surface area contributed by atoms with E-state index in [2.05, 4.69) is 10.3 Å². The summed E-state index contributed by atoms with van der Waals surface area (Å²) < 4.78 is 5.09. The molecule has 0 saturated heterocycles. The van der Waals surface area contributed by atoms with Crippen molar-refractivity contribution in [2.24, 2.45) is 0 Å². The Balaban J connectivity index is 1.77. The Labute approximate surface area is 116 Å². The zero-order valence-corrected chi connectivity index (χ0v) is 11.4. The SMILES string of the molecule is Cc1nc(CCNC(=O)Cc2ccccc2Cl)co1. The summed E-state index contributed by atoms with van der Waals surface area (Å²) in [6, 6.07) is 7.34. The lowest BCUT2D eigenvalue weighted by atomic mass is 10.1. The zero-order chi connectivity index (χ0) is 13.7. The molecule has 1 heterocycles. The number of nitrogens with one attached hydrogen (secondary N) is 1. The van der Waals surface area contributed by atoms with Gasteiger partial charge in [0.05, 0.1) is 12.1 Å². The summed E-state index contributed by atoms with van der Waals surface area (Å²) in [5.41, 5.74) is 1.68. The zero-order valence-electron chi connectivity index (χ0n) is 10.6. The third-order valence-corrected chi connectivity index (χ3v) is 3.05. The molecule has 0 atom stereocenters. The minimum atomic E-state index is -0.0479. The highest BCUT2D eigenvalue weighted by Crippen LogP contribution is 2.15. The summed E-state index contributed by atoms with van der Waals surface area (Å²) in [5, 5.41) is 3.45. The number of carbonyl (C=O) groups is 1. The molecule has 0 radical (unpaired) electrons. The van der Waals surface area contributed by atoms with Crippen molar-refractivity contribution < 1.29 is 9.21 Å². The van der Waals surface area contributed by atoms with Gasteiger partial charge in [0.1, 0.15) is 6.26 Å². The molecular formula is C14H15ClN2O2. The molecule has 0 saturated carbocycles. The van der Waals surface area contributed by atoms with Crippen LogP contribution in [0.3, 0.4) is 0 Å². The van der Waals surface area contributed by atoms with Crippen molar-refractivity contribution in [2.75, 3.05) is 6.54 Å². The molecule has 1 amide bonds. The summed E-state index contributed by atoms with van der Waals surface area (Å²) in [5.74, 6) is 0.589. The van der Waals surface area contributed by atoms with Crippen LogP contribution < -0.4 is 5.32 Å². The fourth-order valence-corrected chi connectivity index (χ4v) is 1.93.